The van der Waals surface area contributed by atoms with Crippen molar-refractivity contribution < 1.29 is 14.3 Å². The number of piperidine rings is 1. The average molecular weight is 549 g/mol. The maximum atomic E-state index is 13.7. The van der Waals surface area contributed by atoms with E-state index in [1.165, 1.54) is 11.1 Å². The topological polar surface area (TPSA) is 65.1 Å². The van der Waals surface area contributed by atoms with E-state index in [0.29, 0.717) is 18.9 Å². The maximum Gasteiger partial charge on any atom is 0.223 e. The van der Waals surface area contributed by atoms with Crippen molar-refractivity contribution >= 4 is 11.8 Å². The van der Waals surface area contributed by atoms with Gasteiger partial charge in [-0.2, -0.15) is 0 Å². The number of nitrogens with zero attached hydrogens (tertiary/aromatic N) is 3. The number of ether oxygens (including phenoxy) is 1. The number of rotatable bonds is 9. The lowest BCUT2D eigenvalue weighted by molar-refractivity contribution is -0.141. The summed E-state index contributed by atoms with van der Waals surface area (Å²) < 4.78 is 5.87. The van der Waals surface area contributed by atoms with Crippen LogP contribution in [0, 0.1) is 11.3 Å². The normalized spacial score (nSPS) is 19.9. The van der Waals surface area contributed by atoms with Crippen molar-refractivity contribution in [1.82, 2.24) is 20.0 Å². The summed E-state index contributed by atoms with van der Waals surface area (Å²) in [5.74, 6) is 1.63. The number of benzene rings is 2. The van der Waals surface area contributed by atoms with E-state index in [1.807, 2.05) is 11.9 Å². The molecule has 0 aromatic heterocycles. The third kappa shape index (κ3) is 7.64. The van der Waals surface area contributed by atoms with Crippen LogP contribution in [0.2, 0.25) is 0 Å². The highest BCUT2D eigenvalue weighted by Gasteiger charge is 2.40. The first kappa shape index (κ1) is 30.1. The smallest absolute Gasteiger partial charge is 0.223 e. The average Bonchev–Trinajstić information content (AvgIpc) is 2.94. The first-order valence-corrected chi connectivity index (χ1v) is 14.9. The monoisotopic (exact) mass is 548 g/mol. The fourth-order valence-electron chi connectivity index (χ4n) is 6.16. The SMILES string of the molecule is CNCCOc1ccc(C(c2ccccc2)N2CCN(C(=O)CC3CCN(C(C)=O)CC3)[C@@H](C(C)(C)C)C2)cc1. The summed E-state index contributed by atoms with van der Waals surface area (Å²) in [6.07, 6.45) is 2.40. The molecule has 7 heteroatoms. The van der Waals surface area contributed by atoms with Gasteiger partial charge in [0.1, 0.15) is 12.4 Å². The van der Waals surface area contributed by atoms with E-state index in [0.717, 1.165) is 57.9 Å². The van der Waals surface area contributed by atoms with Crippen molar-refractivity contribution in [2.45, 2.75) is 59.0 Å². The lowest BCUT2D eigenvalue weighted by Crippen LogP contribution is -2.60. The van der Waals surface area contributed by atoms with Gasteiger partial charge in [-0.1, -0.05) is 63.2 Å². The zero-order valence-electron chi connectivity index (χ0n) is 25.1. The maximum absolute atomic E-state index is 13.7. The molecule has 1 unspecified atom stereocenters. The number of carbonyl (C=O) groups excluding carboxylic acids is 2. The van der Waals surface area contributed by atoms with Crippen LogP contribution in [0.4, 0.5) is 0 Å². The Morgan fingerprint density at radius 1 is 0.950 bits per heavy atom. The zero-order valence-corrected chi connectivity index (χ0v) is 25.1. The molecular weight excluding hydrogens is 500 g/mol. The van der Waals surface area contributed by atoms with E-state index in [-0.39, 0.29) is 29.3 Å². The molecular formula is C33H48N4O3. The summed E-state index contributed by atoms with van der Waals surface area (Å²) in [5, 5.41) is 3.11. The van der Waals surface area contributed by atoms with Gasteiger partial charge in [-0.25, -0.2) is 0 Å². The Kier molecular flexibility index (Phi) is 10.3. The van der Waals surface area contributed by atoms with Crippen molar-refractivity contribution in [3.63, 3.8) is 0 Å². The summed E-state index contributed by atoms with van der Waals surface area (Å²) in [7, 11) is 1.92. The first-order chi connectivity index (χ1) is 19.2. The number of hydrogen-bond donors (Lipinski definition) is 1. The summed E-state index contributed by atoms with van der Waals surface area (Å²) >= 11 is 0. The highest BCUT2D eigenvalue weighted by atomic mass is 16.5. The van der Waals surface area contributed by atoms with Gasteiger partial charge in [-0.15, -0.1) is 0 Å². The Bertz CT molecular complexity index is 1090. The second kappa shape index (κ2) is 13.6. The van der Waals surface area contributed by atoms with Gasteiger partial charge >= 0.3 is 0 Å². The molecule has 2 aliphatic heterocycles. The van der Waals surface area contributed by atoms with Gasteiger partial charge in [0, 0.05) is 58.7 Å². The molecule has 2 aromatic carbocycles. The van der Waals surface area contributed by atoms with Gasteiger partial charge < -0.3 is 19.9 Å². The van der Waals surface area contributed by atoms with Crippen molar-refractivity contribution in [2.24, 2.45) is 11.3 Å². The van der Waals surface area contributed by atoms with Crippen LogP contribution in [-0.4, -0.2) is 85.5 Å². The molecule has 2 aromatic rings. The van der Waals surface area contributed by atoms with Gasteiger partial charge in [0.05, 0.1) is 6.04 Å². The van der Waals surface area contributed by atoms with Crippen LogP contribution >= 0.6 is 0 Å². The van der Waals surface area contributed by atoms with E-state index in [2.05, 4.69) is 90.5 Å². The Morgan fingerprint density at radius 3 is 2.20 bits per heavy atom. The number of piperazine rings is 1. The van der Waals surface area contributed by atoms with Crippen molar-refractivity contribution in [3.05, 3.63) is 65.7 Å². The Balaban J connectivity index is 1.50. The molecule has 2 fully saturated rings. The van der Waals surface area contributed by atoms with Gasteiger partial charge in [0.2, 0.25) is 11.8 Å². The molecule has 2 aliphatic rings. The summed E-state index contributed by atoms with van der Waals surface area (Å²) in [6, 6.07) is 19.4. The van der Waals surface area contributed by atoms with Crippen LogP contribution in [0.3, 0.4) is 0 Å². The fraction of sp³-hybridized carbons (Fsp3) is 0.576. The first-order valence-electron chi connectivity index (χ1n) is 14.9. The largest absolute Gasteiger partial charge is 0.492 e. The lowest BCUT2D eigenvalue weighted by atomic mass is 9.82. The fourth-order valence-corrected chi connectivity index (χ4v) is 6.16. The lowest BCUT2D eigenvalue weighted by Gasteiger charge is -2.50. The number of carbonyl (C=O) groups is 2. The molecule has 7 nitrogen and oxygen atoms in total. The quantitative estimate of drug-likeness (QED) is 0.465. The molecule has 2 amide bonds. The standard InChI is InChI=1S/C33H48N4O3/c1-25(38)35-18-15-26(16-19-35)23-31(39)37-21-20-36(24-30(37)33(2,3)4)32(27-9-7-6-8-10-27)28-11-13-29(14-12-28)40-22-17-34-5/h6-14,26,30,32,34H,15-24H2,1-5H3/t30-,32?/m1/s1. The van der Waals surface area contributed by atoms with Crippen LogP contribution in [0.1, 0.15) is 64.1 Å². The second-order valence-corrected chi connectivity index (χ2v) is 12.5. The van der Waals surface area contributed by atoms with Crippen LogP contribution in [0.25, 0.3) is 0 Å². The molecule has 218 valence electrons. The molecule has 2 atom stereocenters. The van der Waals surface area contributed by atoms with E-state index in [9.17, 15) is 9.59 Å². The molecule has 0 spiro atoms. The number of amides is 2. The molecule has 2 heterocycles. The molecule has 0 saturated carbocycles. The van der Waals surface area contributed by atoms with Gasteiger partial charge in [0.15, 0.2) is 0 Å². The van der Waals surface area contributed by atoms with E-state index in [1.54, 1.807) is 6.92 Å². The predicted molar refractivity (Wildman–Crippen MR) is 160 cm³/mol. The zero-order chi connectivity index (χ0) is 28.7. The third-order valence-electron chi connectivity index (χ3n) is 8.55. The van der Waals surface area contributed by atoms with E-state index < -0.39 is 0 Å². The van der Waals surface area contributed by atoms with Gasteiger partial charge in [0.25, 0.3) is 0 Å². The molecule has 2 saturated heterocycles. The van der Waals surface area contributed by atoms with E-state index >= 15 is 0 Å². The number of likely N-dealkylation sites (tertiary alicyclic amines) is 1. The van der Waals surface area contributed by atoms with Crippen LogP contribution in [0.5, 0.6) is 5.75 Å². The van der Waals surface area contributed by atoms with Crippen LogP contribution in [0.15, 0.2) is 54.6 Å². The van der Waals surface area contributed by atoms with Crippen molar-refractivity contribution in [2.75, 3.05) is 52.9 Å². The van der Waals surface area contributed by atoms with Crippen LogP contribution in [-0.2, 0) is 9.59 Å². The minimum absolute atomic E-state index is 0.0570. The summed E-state index contributed by atoms with van der Waals surface area (Å²) in [4.78, 5) is 32.1. The minimum Gasteiger partial charge on any atom is -0.492 e. The second-order valence-electron chi connectivity index (χ2n) is 12.5. The Morgan fingerprint density at radius 2 is 1.60 bits per heavy atom. The highest BCUT2D eigenvalue weighted by molar-refractivity contribution is 5.77. The molecule has 0 radical (unpaired) electrons. The Hall–Kier alpha value is -2.90. The van der Waals surface area contributed by atoms with Gasteiger partial charge in [-0.05, 0) is 54.5 Å². The van der Waals surface area contributed by atoms with Gasteiger partial charge in [-0.3, -0.25) is 14.5 Å². The summed E-state index contributed by atoms with van der Waals surface area (Å²) in [5.41, 5.74) is 2.44. The predicted octanol–water partition coefficient (Wildman–Crippen LogP) is 4.58. The van der Waals surface area contributed by atoms with E-state index in [4.69, 9.17) is 4.74 Å². The number of hydrogen-bond acceptors (Lipinski definition) is 5. The molecule has 0 bridgehead atoms. The molecule has 40 heavy (non-hydrogen) atoms. The third-order valence-corrected chi connectivity index (χ3v) is 8.55. The Labute approximate surface area is 240 Å². The van der Waals surface area contributed by atoms with Crippen LogP contribution < -0.4 is 10.1 Å². The highest BCUT2D eigenvalue weighted by Crippen LogP contribution is 2.36. The number of likely N-dealkylation sites (N-methyl/N-ethyl adjacent to an activating group) is 1. The van der Waals surface area contributed by atoms with Crippen molar-refractivity contribution in [3.8, 4) is 5.75 Å². The summed E-state index contributed by atoms with van der Waals surface area (Å²) in [6.45, 7) is 13.7. The minimum atomic E-state index is -0.0570. The van der Waals surface area contributed by atoms with Crippen molar-refractivity contribution in [1.29, 1.82) is 0 Å². The molecule has 1 N–H and O–H groups in total. The number of nitrogens with one attached hydrogen (secondary N) is 1. The molecule has 4 rings (SSSR count). The molecule has 0 aliphatic carbocycles.